The van der Waals surface area contributed by atoms with Crippen LogP contribution in [0.5, 0.6) is 0 Å². The first-order chi connectivity index (χ1) is 15.0. The number of pyridine rings is 1. The molecule has 1 aliphatic rings. The Morgan fingerprint density at radius 2 is 2.13 bits per heavy atom. The standard InChI is InChI=1S/C22H25N5O2S2/c1-14-13-16(15(2)27(14)22-24-10-12-31-22)20-19(17-7-4-5-9-23-17)25-21(30)26(20)11-6-8-18(28)29-3/h4-5,7,9-10,12-13,19-20H,6,8,11H2,1-3H3,(H,25,30). The molecule has 0 saturated carbocycles. The van der Waals surface area contributed by atoms with Gasteiger partial charge in [-0.15, -0.1) is 11.3 Å². The van der Waals surface area contributed by atoms with Gasteiger partial charge < -0.3 is 15.0 Å². The van der Waals surface area contributed by atoms with E-state index >= 15 is 0 Å². The number of hydrogen-bond donors (Lipinski definition) is 1. The van der Waals surface area contributed by atoms with Gasteiger partial charge in [-0.2, -0.15) is 0 Å². The van der Waals surface area contributed by atoms with Crippen LogP contribution in [0.3, 0.4) is 0 Å². The highest BCUT2D eigenvalue weighted by atomic mass is 32.1. The van der Waals surface area contributed by atoms with Crippen molar-refractivity contribution in [1.29, 1.82) is 0 Å². The van der Waals surface area contributed by atoms with Gasteiger partial charge in [0.15, 0.2) is 10.2 Å². The number of hydrogen-bond acceptors (Lipinski definition) is 6. The van der Waals surface area contributed by atoms with E-state index in [0.29, 0.717) is 24.5 Å². The second-order valence-corrected chi connectivity index (χ2v) is 8.74. The topological polar surface area (TPSA) is 72.3 Å². The quantitative estimate of drug-likeness (QED) is 0.428. The summed E-state index contributed by atoms with van der Waals surface area (Å²) >= 11 is 7.33. The smallest absolute Gasteiger partial charge is 0.305 e. The molecule has 4 heterocycles. The molecule has 1 fully saturated rings. The second-order valence-electron chi connectivity index (χ2n) is 7.48. The first-order valence-electron chi connectivity index (χ1n) is 10.1. The summed E-state index contributed by atoms with van der Waals surface area (Å²) in [6.07, 6.45) is 4.64. The number of thiocarbonyl (C=S) groups is 1. The van der Waals surface area contributed by atoms with Gasteiger partial charge >= 0.3 is 5.97 Å². The molecule has 3 aromatic heterocycles. The summed E-state index contributed by atoms with van der Waals surface area (Å²) in [6, 6.07) is 8.00. The molecule has 0 bridgehead atoms. The molecule has 1 N–H and O–H groups in total. The minimum Gasteiger partial charge on any atom is -0.469 e. The Labute approximate surface area is 191 Å². The Kier molecular flexibility index (Phi) is 6.33. The van der Waals surface area contributed by atoms with Crippen LogP contribution in [0.25, 0.3) is 5.13 Å². The Bertz CT molecular complexity index is 1070. The minimum absolute atomic E-state index is 0.0417. The molecule has 7 nitrogen and oxygen atoms in total. The number of esters is 1. The highest BCUT2D eigenvalue weighted by Gasteiger charge is 2.41. The van der Waals surface area contributed by atoms with E-state index in [9.17, 15) is 4.79 Å². The molecule has 3 aromatic rings. The van der Waals surface area contributed by atoms with Crippen LogP contribution in [0.2, 0.25) is 0 Å². The Morgan fingerprint density at radius 3 is 2.81 bits per heavy atom. The van der Waals surface area contributed by atoms with Crippen LogP contribution in [0.4, 0.5) is 0 Å². The molecular formula is C22H25N5O2S2. The molecular weight excluding hydrogens is 430 g/mol. The number of aryl methyl sites for hydroxylation is 1. The maximum Gasteiger partial charge on any atom is 0.305 e. The number of nitrogens with one attached hydrogen (secondary N) is 1. The van der Waals surface area contributed by atoms with E-state index in [1.165, 1.54) is 12.7 Å². The minimum atomic E-state index is -0.210. The van der Waals surface area contributed by atoms with Gasteiger partial charge in [-0.1, -0.05) is 6.07 Å². The van der Waals surface area contributed by atoms with Gasteiger partial charge in [-0.3, -0.25) is 14.3 Å². The molecule has 0 spiro atoms. The van der Waals surface area contributed by atoms with Crippen LogP contribution >= 0.6 is 23.6 Å². The maximum atomic E-state index is 11.6. The molecule has 0 aromatic carbocycles. The fourth-order valence-electron chi connectivity index (χ4n) is 4.19. The highest BCUT2D eigenvalue weighted by molar-refractivity contribution is 7.80. The molecule has 162 valence electrons. The molecule has 0 amide bonds. The zero-order valence-electron chi connectivity index (χ0n) is 17.7. The van der Waals surface area contributed by atoms with Crippen molar-refractivity contribution in [3.8, 4) is 5.13 Å². The lowest BCUT2D eigenvalue weighted by Gasteiger charge is -2.28. The van der Waals surface area contributed by atoms with Gasteiger partial charge in [0.05, 0.1) is 24.9 Å². The Balaban J connectivity index is 1.73. The molecule has 4 rings (SSSR count). The van der Waals surface area contributed by atoms with Crippen LogP contribution in [-0.4, -0.2) is 44.2 Å². The summed E-state index contributed by atoms with van der Waals surface area (Å²) < 4.78 is 6.98. The highest BCUT2D eigenvalue weighted by Crippen LogP contribution is 2.41. The molecule has 0 aliphatic carbocycles. The summed E-state index contributed by atoms with van der Waals surface area (Å²) in [7, 11) is 1.41. The predicted molar refractivity (Wildman–Crippen MR) is 124 cm³/mol. The van der Waals surface area contributed by atoms with E-state index in [1.54, 1.807) is 17.5 Å². The second kappa shape index (κ2) is 9.15. The molecule has 31 heavy (non-hydrogen) atoms. The van der Waals surface area contributed by atoms with Crippen LogP contribution < -0.4 is 5.32 Å². The van der Waals surface area contributed by atoms with E-state index in [2.05, 4.69) is 44.7 Å². The van der Waals surface area contributed by atoms with Crippen molar-refractivity contribution in [3.63, 3.8) is 0 Å². The number of nitrogens with zero attached hydrogens (tertiary/aromatic N) is 4. The van der Waals surface area contributed by atoms with E-state index in [1.807, 2.05) is 29.8 Å². The number of carbonyl (C=O) groups is 1. The summed E-state index contributed by atoms with van der Waals surface area (Å²) in [6.45, 7) is 4.86. The van der Waals surface area contributed by atoms with Crippen LogP contribution in [0.1, 0.15) is 47.6 Å². The molecule has 9 heteroatoms. The summed E-state index contributed by atoms with van der Waals surface area (Å²) in [5.74, 6) is -0.210. The average molecular weight is 456 g/mol. The monoisotopic (exact) mass is 455 g/mol. The van der Waals surface area contributed by atoms with Gasteiger partial charge in [0, 0.05) is 42.1 Å². The maximum absolute atomic E-state index is 11.6. The van der Waals surface area contributed by atoms with Crippen LogP contribution in [0.15, 0.2) is 42.0 Å². The number of rotatable bonds is 7. The van der Waals surface area contributed by atoms with Crippen molar-refractivity contribution >= 4 is 34.6 Å². The van der Waals surface area contributed by atoms with Crippen molar-refractivity contribution in [1.82, 2.24) is 24.8 Å². The zero-order chi connectivity index (χ0) is 22.0. The normalized spacial score (nSPS) is 18.3. The van der Waals surface area contributed by atoms with E-state index < -0.39 is 0 Å². The van der Waals surface area contributed by atoms with E-state index in [-0.39, 0.29) is 18.1 Å². The number of carbonyl (C=O) groups excluding carboxylic acids is 1. The van der Waals surface area contributed by atoms with Gasteiger partial charge in [0.1, 0.15) is 0 Å². The third kappa shape index (κ3) is 4.20. The van der Waals surface area contributed by atoms with Crippen molar-refractivity contribution in [2.24, 2.45) is 0 Å². The molecule has 1 aliphatic heterocycles. The zero-order valence-corrected chi connectivity index (χ0v) is 19.4. The van der Waals surface area contributed by atoms with Gasteiger partial charge in [-0.25, -0.2) is 4.98 Å². The average Bonchev–Trinajstić information content (AvgIpc) is 3.47. The summed E-state index contributed by atoms with van der Waals surface area (Å²) in [5, 5.41) is 7.07. The molecule has 1 saturated heterocycles. The lowest BCUT2D eigenvalue weighted by molar-refractivity contribution is -0.140. The van der Waals surface area contributed by atoms with Crippen molar-refractivity contribution in [3.05, 3.63) is 64.7 Å². The number of aromatic nitrogens is 3. The predicted octanol–water partition coefficient (Wildman–Crippen LogP) is 3.87. The third-order valence-corrected chi connectivity index (χ3v) is 6.71. The number of methoxy groups -OCH3 is 1. The van der Waals surface area contributed by atoms with Crippen molar-refractivity contribution < 1.29 is 9.53 Å². The van der Waals surface area contributed by atoms with Crippen molar-refractivity contribution in [2.45, 2.75) is 38.8 Å². The SMILES string of the molecule is COC(=O)CCCN1C(=S)NC(c2ccccn2)C1c1cc(C)n(-c2nccs2)c1C. The van der Waals surface area contributed by atoms with Crippen LogP contribution in [0, 0.1) is 13.8 Å². The fraction of sp³-hybridized carbons (Fsp3) is 0.364. The third-order valence-electron chi connectivity index (χ3n) is 5.60. The largest absolute Gasteiger partial charge is 0.469 e. The molecule has 0 radical (unpaired) electrons. The van der Waals surface area contributed by atoms with E-state index in [0.717, 1.165) is 22.2 Å². The first-order valence-corrected chi connectivity index (χ1v) is 11.4. The lowest BCUT2D eigenvalue weighted by atomic mass is 9.96. The van der Waals surface area contributed by atoms with Crippen molar-refractivity contribution in [2.75, 3.05) is 13.7 Å². The lowest BCUT2D eigenvalue weighted by Crippen LogP contribution is -2.31. The van der Waals surface area contributed by atoms with Gasteiger partial charge in [0.25, 0.3) is 0 Å². The van der Waals surface area contributed by atoms with Crippen LogP contribution in [-0.2, 0) is 9.53 Å². The summed E-state index contributed by atoms with van der Waals surface area (Å²) in [5.41, 5.74) is 4.36. The Hall–Kier alpha value is -2.78. The van der Waals surface area contributed by atoms with Gasteiger partial charge in [0.2, 0.25) is 0 Å². The van der Waals surface area contributed by atoms with E-state index in [4.69, 9.17) is 17.0 Å². The Morgan fingerprint density at radius 1 is 1.29 bits per heavy atom. The molecule has 2 unspecified atom stereocenters. The number of thiazole rings is 1. The molecule has 2 atom stereocenters. The van der Waals surface area contributed by atoms with Gasteiger partial charge in [-0.05, 0) is 56.2 Å². The summed E-state index contributed by atoms with van der Waals surface area (Å²) in [4.78, 5) is 22.9. The number of ether oxygens (including phenoxy) is 1. The first kappa shape index (κ1) is 21.5. The fourth-order valence-corrected chi connectivity index (χ4v) is 5.27.